The van der Waals surface area contributed by atoms with Crippen molar-refractivity contribution in [3.05, 3.63) is 30.1 Å². The fourth-order valence-electron chi connectivity index (χ4n) is 4.81. The molecule has 0 N–H and O–H groups in total. The molecule has 1 aromatic heterocycles. The molecule has 4 heteroatoms. The Hall–Kier alpha value is -1.42. The molecular formula is C19H27N3O. The Morgan fingerprint density at radius 3 is 2.70 bits per heavy atom. The second-order valence-corrected chi connectivity index (χ2v) is 7.54. The summed E-state index contributed by atoms with van der Waals surface area (Å²) in [5, 5.41) is 0. The third kappa shape index (κ3) is 3.14. The molecule has 0 radical (unpaired) electrons. The van der Waals surface area contributed by atoms with E-state index < -0.39 is 0 Å². The van der Waals surface area contributed by atoms with Gasteiger partial charge < -0.3 is 4.90 Å². The second kappa shape index (κ2) is 6.60. The topological polar surface area (TPSA) is 36.4 Å². The van der Waals surface area contributed by atoms with E-state index in [1.54, 1.807) is 0 Å². The van der Waals surface area contributed by atoms with Crippen molar-refractivity contribution in [2.24, 2.45) is 11.8 Å². The molecule has 1 saturated carbocycles. The largest absolute Gasteiger partial charge is 0.341 e. The molecular weight excluding hydrogens is 286 g/mol. The molecule has 3 heterocycles. The van der Waals surface area contributed by atoms with Gasteiger partial charge in [0.1, 0.15) is 0 Å². The predicted molar refractivity (Wildman–Crippen MR) is 89.7 cm³/mol. The highest BCUT2D eigenvalue weighted by molar-refractivity contribution is 5.82. The molecule has 4 rings (SSSR count). The van der Waals surface area contributed by atoms with Gasteiger partial charge in [0.2, 0.25) is 5.91 Å². The number of amides is 1. The summed E-state index contributed by atoms with van der Waals surface area (Å²) in [5.41, 5.74) is 1.21. The number of nitrogens with zero attached hydrogens (tertiary/aromatic N) is 3. The standard InChI is InChI=1S/C19H27N3O/c23-19(22-13-16-6-3-7-17(16)14-22)18-8-1-2-10-21(18)12-15-5-4-9-20-11-15/h4-5,9,11,16-18H,1-3,6-8,10,12-14H2. The van der Waals surface area contributed by atoms with Crippen LogP contribution in [-0.2, 0) is 11.3 Å². The first kappa shape index (κ1) is 15.1. The lowest BCUT2D eigenvalue weighted by Crippen LogP contribution is -2.50. The number of aromatic nitrogens is 1. The van der Waals surface area contributed by atoms with Crippen molar-refractivity contribution in [1.82, 2.24) is 14.8 Å². The maximum Gasteiger partial charge on any atom is 0.239 e. The zero-order valence-electron chi connectivity index (χ0n) is 13.9. The third-order valence-corrected chi connectivity index (χ3v) is 6.05. The molecule has 1 amide bonds. The monoisotopic (exact) mass is 313 g/mol. The number of likely N-dealkylation sites (tertiary alicyclic amines) is 2. The fraction of sp³-hybridized carbons (Fsp3) is 0.684. The molecule has 2 saturated heterocycles. The van der Waals surface area contributed by atoms with Crippen LogP contribution in [0, 0.1) is 11.8 Å². The fourth-order valence-corrected chi connectivity index (χ4v) is 4.81. The lowest BCUT2D eigenvalue weighted by atomic mass is 10.00. The minimum Gasteiger partial charge on any atom is -0.341 e. The first-order valence-corrected chi connectivity index (χ1v) is 9.23. The highest BCUT2D eigenvalue weighted by Crippen LogP contribution is 2.38. The van der Waals surface area contributed by atoms with E-state index in [-0.39, 0.29) is 6.04 Å². The summed E-state index contributed by atoms with van der Waals surface area (Å²) in [5.74, 6) is 1.96. The number of rotatable bonds is 3. The van der Waals surface area contributed by atoms with E-state index >= 15 is 0 Å². The molecule has 2 aliphatic heterocycles. The highest BCUT2D eigenvalue weighted by Gasteiger charge is 2.41. The van der Waals surface area contributed by atoms with Gasteiger partial charge in [-0.1, -0.05) is 18.9 Å². The molecule has 23 heavy (non-hydrogen) atoms. The summed E-state index contributed by atoms with van der Waals surface area (Å²) < 4.78 is 0. The Bertz CT molecular complexity index is 535. The van der Waals surface area contributed by atoms with Gasteiger partial charge in [-0.2, -0.15) is 0 Å². The van der Waals surface area contributed by atoms with Gasteiger partial charge in [0.25, 0.3) is 0 Å². The van der Waals surface area contributed by atoms with E-state index in [1.807, 2.05) is 18.5 Å². The number of pyridine rings is 1. The van der Waals surface area contributed by atoms with Gasteiger partial charge in [0, 0.05) is 32.0 Å². The zero-order valence-corrected chi connectivity index (χ0v) is 13.9. The molecule has 3 unspecified atom stereocenters. The van der Waals surface area contributed by atoms with Gasteiger partial charge in [-0.25, -0.2) is 0 Å². The Kier molecular flexibility index (Phi) is 4.34. The summed E-state index contributed by atoms with van der Waals surface area (Å²) in [6.45, 7) is 3.92. The Morgan fingerprint density at radius 2 is 1.96 bits per heavy atom. The summed E-state index contributed by atoms with van der Waals surface area (Å²) >= 11 is 0. The molecule has 124 valence electrons. The van der Waals surface area contributed by atoms with E-state index in [9.17, 15) is 4.79 Å². The third-order valence-electron chi connectivity index (χ3n) is 6.05. The average molecular weight is 313 g/mol. The molecule has 4 nitrogen and oxygen atoms in total. The summed E-state index contributed by atoms with van der Waals surface area (Å²) in [7, 11) is 0. The first-order chi connectivity index (χ1) is 11.3. The molecule has 0 bridgehead atoms. The quantitative estimate of drug-likeness (QED) is 0.861. The molecule has 0 spiro atoms. The highest BCUT2D eigenvalue weighted by atomic mass is 16.2. The van der Waals surface area contributed by atoms with Crippen molar-refractivity contribution in [3.8, 4) is 0 Å². The van der Waals surface area contributed by atoms with Crippen LogP contribution in [0.5, 0.6) is 0 Å². The average Bonchev–Trinajstić information content (AvgIpc) is 3.17. The number of piperidine rings is 1. The number of hydrogen-bond acceptors (Lipinski definition) is 3. The van der Waals surface area contributed by atoms with Crippen molar-refractivity contribution in [3.63, 3.8) is 0 Å². The second-order valence-electron chi connectivity index (χ2n) is 7.54. The number of fused-ring (bicyclic) bond motifs is 1. The van der Waals surface area contributed by atoms with Crippen LogP contribution in [0.2, 0.25) is 0 Å². The first-order valence-electron chi connectivity index (χ1n) is 9.23. The van der Waals surface area contributed by atoms with Gasteiger partial charge >= 0.3 is 0 Å². The lowest BCUT2D eigenvalue weighted by molar-refractivity contribution is -0.137. The van der Waals surface area contributed by atoms with Crippen LogP contribution in [0.15, 0.2) is 24.5 Å². The van der Waals surface area contributed by atoms with Crippen LogP contribution in [-0.4, -0.2) is 46.4 Å². The van der Waals surface area contributed by atoms with Crippen LogP contribution in [0.4, 0.5) is 0 Å². The molecule has 1 aliphatic carbocycles. The Labute approximate surface area is 138 Å². The van der Waals surface area contributed by atoms with E-state index in [4.69, 9.17) is 0 Å². The lowest BCUT2D eigenvalue weighted by Gasteiger charge is -2.37. The van der Waals surface area contributed by atoms with Crippen LogP contribution in [0.3, 0.4) is 0 Å². The number of carbonyl (C=O) groups is 1. The smallest absolute Gasteiger partial charge is 0.239 e. The maximum atomic E-state index is 13.1. The Balaban J connectivity index is 1.43. The van der Waals surface area contributed by atoms with E-state index in [0.717, 1.165) is 44.4 Å². The van der Waals surface area contributed by atoms with Gasteiger partial charge in [0.15, 0.2) is 0 Å². The van der Waals surface area contributed by atoms with Crippen molar-refractivity contribution in [1.29, 1.82) is 0 Å². The van der Waals surface area contributed by atoms with E-state index in [0.29, 0.717) is 5.91 Å². The van der Waals surface area contributed by atoms with Crippen LogP contribution in [0.1, 0.15) is 44.1 Å². The van der Waals surface area contributed by atoms with Gasteiger partial charge in [-0.15, -0.1) is 0 Å². The molecule has 1 aromatic rings. The molecule has 3 fully saturated rings. The van der Waals surface area contributed by atoms with Gasteiger partial charge in [-0.3, -0.25) is 14.7 Å². The zero-order chi connectivity index (χ0) is 15.6. The maximum absolute atomic E-state index is 13.1. The predicted octanol–water partition coefficient (Wildman–Crippen LogP) is 2.69. The van der Waals surface area contributed by atoms with Crippen molar-refractivity contribution < 1.29 is 4.79 Å². The summed E-state index contributed by atoms with van der Waals surface area (Å²) in [6, 6.07) is 4.18. The van der Waals surface area contributed by atoms with Crippen molar-refractivity contribution >= 4 is 5.91 Å². The number of carbonyl (C=O) groups excluding carboxylic acids is 1. The van der Waals surface area contributed by atoms with Gasteiger partial charge in [-0.05, 0) is 55.7 Å². The molecule has 0 aromatic carbocycles. The molecule has 3 aliphatic rings. The Morgan fingerprint density at radius 1 is 1.13 bits per heavy atom. The van der Waals surface area contributed by atoms with E-state index in [1.165, 1.54) is 37.7 Å². The van der Waals surface area contributed by atoms with Crippen molar-refractivity contribution in [2.75, 3.05) is 19.6 Å². The molecule has 3 atom stereocenters. The summed E-state index contributed by atoms with van der Waals surface area (Å²) in [4.78, 5) is 21.9. The van der Waals surface area contributed by atoms with Crippen LogP contribution >= 0.6 is 0 Å². The normalized spacial score (nSPS) is 31.3. The van der Waals surface area contributed by atoms with Crippen LogP contribution in [0.25, 0.3) is 0 Å². The minimum atomic E-state index is 0.0859. The SMILES string of the molecule is O=C(C1CCCCN1Cc1cccnc1)N1CC2CCCC2C1. The number of hydrogen-bond donors (Lipinski definition) is 0. The van der Waals surface area contributed by atoms with Crippen molar-refractivity contribution in [2.45, 2.75) is 51.1 Å². The summed E-state index contributed by atoms with van der Waals surface area (Å²) in [6.07, 6.45) is 11.2. The van der Waals surface area contributed by atoms with E-state index in [2.05, 4.69) is 20.9 Å². The van der Waals surface area contributed by atoms with Crippen LogP contribution < -0.4 is 0 Å². The minimum absolute atomic E-state index is 0.0859. The van der Waals surface area contributed by atoms with Gasteiger partial charge in [0.05, 0.1) is 6.04 Å².